The van der Waals surface area contributed by atoms with Gasteiger partial charge in [-0.05, 0) is 40.6 Å². The van der Waals surface area contributed by atoms with Crippen molar-refractivity contribution in [2.24, 2.45) is 0 Å². The van der Waals surface area contributed by atoms with Crippen molar-refractivity contribution in [1.29, 1.82) is 0 Å². The van der Waals surface area contributed by atoms with Crippen LogP contribution in [0.5, 0.6) is 0 Å². The minimum atomic E-state index is -3.66. The van der Waals surface area contributed by atoms with E-state index < -0.39 is 17.0 Å². The number of amides is 1. The first-order valence-electron chi connectivity index (χ1n) is 7.74. The van der Waals surface area contributed by atoms with Crippen molar-refractivity contribution in [1.82, 2.24) is 19.9 Å². The van der Waals surface area contributed by atoms with E-state index in [1.54, 1.807) is 12.1 Å². The van der Waals surface area contributed by atoms with Crippen molar-refractivity contribution in [2.75, 3.05) is 0 Å². The number of hydrogen-bond acceptors (Lipinski definition) is 5. The van der Waals surface area contributed by atoms with Gasteiger partial charge >= 0.3 is 5.38 Å². The maximum atomic E-state index is 13.9. The van der Waals surface area contributed by atoms with Crippen molar-refractivity contribution in [2.45, 2.75) is 11.9 Å². The van der Waals surface area contributed by atoms with Crippen molar-refractivity contribution >= 4 is 45.8 Å². The second kappa shape index (κ2) is 6.99. The van der Waals surface area contributed by atoms with E-state index in [1.807, 2.05) is 22.9 Å². The second-order valence-electron chi connectivity index (χ2n) is 5.56. The number of fused-ring (bicyclic) bond motifs is 1. The summed E-state index contributed by atoms with van der Waals surface area (Å²) in [6.07, 6.45) is 0. The highest BCUT2D eigenvalue weighted by Crippen LogP contribution is 2.35. The summed E-state index contributed by atoms with van der Waals surface area (Å²) in [6, 6.07) is 9.88. The molecule has 0 unspecified atom stereocenters. The van der Waals surface area contributed by atoms with Gasteiger partial charge in [-0.25, -0.2) is 9.50 Å². The Morgan fingerprint density at radius 1 is 1.22 bits per heavy atom. The van der Waals surface area contributed by atoms with Crippen molar-refractivity contribution < 1.29 is 13.6 Å². The first-order chi connectivity index (χ1) is 12.9. The molecule has 4 heterocycles. The number of carbonyl (C=O) groups is 1. The molecular weight excluding hydrogens is 414 g/mol. The molecule has 0 fully saturated rings. The molecule has 0 spiro atoms. The lowest BCUT2D eigenvalue weighted by atomic mass is 10.2. The molecule has 0 aliphatic rings. The maximum Gasteiger partial charge on any atom is 0.364 e. The first-order valence-corrected chi connectivity index (χ1v) is 9.88. The molecule has 27 heavy (non-hydrogen) atoms. The number of halogens is 3. The summed E-state index contributed by atoms with van der Waals surface area (Å²) >= 11 is 8.14. The van der Waals surface area contributed by atoms with Gasteiger partial charge in [0.05, 0.1) is 17.1 Å². The summed E-state index contributed by atoms with van der Waals surface area (Å²) in [6.45, 7) is 0.330. The molecule has 0 saturated heterocycles. The Balaban J connectivity index is 1.73. The normalized spacial score (nSPS) is 11.8. The zero-order chi connectivity index (χ0) is 19.0. The summed E-state index contributed by atoms with van der Waals surface area (Å²) in [4.78, 5) is 18.4. The van der Waals surface area contributed by atoms with E-state index >= 15 is 0 Å². The van der Waals surface area contributed by atoms with Crippen LogP contribution in [-0.4, -0.2) is 20.5 Å². The van der Waals surface area contributed by atoms with Gasteiger partial charge in [-0.2, -0.15) is 13.9 Å². The molecule has 10 heteroatoms. The molecule has 0 radical (unpaired) electrons. The van der Waals surface area contributed by atoms with Crippen molar-refractivity contribution in [3.63, 3.8) is 0 Å². The predicted octanol–water partition coefficient (Wildman–Crippen LogP) is 4.74. The van der Waals surface area contributed by atoms with Gasteiger partial charge in [-0.1, -0.05) is 12.1 Å². The van der Waals surface area contributed by atoms with Gasteiger partial charge in [0.25, 0.3) is 5.91 Å². The van der Waals surface area contributed by atoms with E-state index in [2.05, 4.69) is 15.4 Å². The van der Waals surface area contributed by atoms with Crippen LogP contribution in [0.2, 0.25) is 0 Å². The van der Waals surface area contributed by atoms with Crippen LogP contribution >= 0.6 is 34.3 Å². The van der Waals surface area contributed by atoms with Crippen molar-refractivity contribution in [3.8, 4) is 10.6 Å². The molecule has 0 aliphatic heterocycles. The Morgan fingerprint density at radius 2 is 2.00 bits per heavy atom. The van der Waals surface area contributed by atoms with E-state index in [4.69, 9.17) is 11.6 Å². The highest BCUT2D eigenvalue weighted by Gasteiger charge is 2.33. The average molecular weight is 425 g/mol. The first kappa shape index (κ1) is 18.0. The van der Waals surface area contributed by atoms with E-state index in [1.165, 1.54) is 34.8 Å². The fourth-order valence-corrected chi connectivity index (χ4v) is 3.97. The summed E-state index contributed by atoms with van der Waals surface area (Å²) in [7, 11) is 0. The van der Waals surface area contributed by atoms with Crippen LogP contribution in [0.25, 0.3) is 16.2 Å². The number of nitrogens with one attached hydrogen (secondary N) is 1. The Labute approximate surface area is 165 Å². The van der Waals surface area contributed by atoms with Gasteiger partial charge in [0.15, 0.2) is 11.3 Å². The zero-order valence-corrected chi connectivity index (χ0v) is 15.9. The third-order valence-electron chi connectivity index (χ3n) is 3.73. The van der Waals surface area contributed by atoms with Crippen LogP contribution in [0.15, 0.2) is 47.2 Å². The standard InChI is InChI=1S/C17H11ClF2N4OS2/c18-17(19,20)14-7-11(13-4-2-6-27-13)22-15-8-12(23-24(14)15)16(25)21-9-10-3-1-5-26-10/h1-8H,9H2,(H,21,25). The van der Waals surface area contributed by atoms with Crippen LogP contribution in [0.4, 0.5) is 8.78 Å². The third kappa shape index (κ3) is 3.71. The number of rotatable bonds is 5. The number of hydrogen-bond donors (Lipinski definition) is 1. The number of aromatic nitrogens is 3. The number of nitrogens with zero attached hydrogens (tertiary/aromatic N) is 3. The Kier molecular flexibility index (Phi) is 4.67. The van der Waals surface area contributed by atoms with Crippen molar-refractivity contribution in [3.05, 3.63) is 63.4 Å². The van der Waals surface area contributed by atoms with E-state index in [0.717, 1.165) is 9.39 Å². The lowest BCUT2D eigenvalue weighted by Gasteiger charge is -2.11. The molecule has 0 aliphatic carbocycles. The number of thiophene rings is 2. The highest BCUT2D eigenvalue weighted by molar-refractivity contribution is 7.13. The van der Waals surface area contributed by atoms with Gasteiger partial charge in [0, 0.05) is 10.9 Å². The number of carbonyl (C=O) groups excluding carboxylic acids is 1. The van der Waals surface area contributed by atoms with Crippen LogP contribution < -0.4 is 5.32 Å². The molecule has 0 aromatic carbocycles. The molecule has 4 aromatic rings. The van der Waals surface area contributed by atoms with Crippen LogP contribution in [-0.2, 0) is 11.9 Å². The Bertz CT molecular complexity index is 1090. The summed E-state index contributed by atoms with van der Waals surface area (Å²) in [5.74, 6) is -0.476. The van der Waals surface area contributed by atoms with E-state index in [0.29, 0.717) is 17.1 Å². The minimum Gasteiger partial charge on any atom is -0.346 e. The van der Waals surface area contributed by atoms with Crippen LogP contribution in [0.1, 0.15) is 21.1 Å². The Hall–Kier alpha value is -2.36. The molecule has 5 nitrogen and oxygen atoms in total. The molecule has 138 valence electrons. The molecule has 0 saturated carbocycles. The van der Waals surface area contributed by atoms with Gasteiger partial charge in [-0.3, -0.25) is 4.79 Å². The smallest absolute Gasteiger partial charge is 0.346 e. The second-order valence-corrected chi connectivity index (χ2v) is 8.02. The van der Waals surface area contributed by atoms with Gasteiger partial charge in [0.2, 0.25) is 0 Å². The minimum absolute atomic E-state index is 0.00967. The lowest BCUT2D eigenvalue weighted by molar-refractivity contribution is 0.0866. The summed E-state index contributed by atoms with van der Waals surface area (Å²) in [5.41, 5.74) is -0.0878. The average Bonchev–Trinajstić information content (AvgIpc) is 3.38. The summed E-state index contributed by atoms with van der Waals surface area (Å²) in [5, 5.41) is 6.75. The molecule has 4 aromatic heterocycles. The molecule has 4 rings (SSSR count). The number of alkyl halides is 3. The van der Waals surface area contributed by atoms with Gasteiger partial charge < -0.3 is 5.32 Å². The largest absolute Gasteiger partial charge is 0.364 e. The third-order valence-corrected chi connectivity index (χ3v) is 5.69. The van der Waals surface area contributed by atoms with Crippen LogP contribution in [0, 0.1) is 0 Å². The van der Waals surface area contributed by atoms with Crippen LogP contribution in [0.3, 0.4) is 0 Å². The maximum absolute atomic E-state index is 13.9. The topological polar surface area (TPSA) is 59.3 Å². The zero-order valence-electron chi connectivity index (χ0n) is 13.5. The SMILES string of the molecule is O=C(NCc1cccs1)c1cc2nc(-c3cccs3)cc(C(F)(F)Cl)n2n1. The van der Waals surface area contributed by atoms with E-state index in [-0.39, 0.29) is 11.3 Å². The fraction of sp³-hybridized carbons (Fsp3) is 0.118. The quantitative estimate of drug-likeness (QED) is 0.471. The summed E-state index contributed by atoms with van der Waals surface area (Å²) < 4.78 is 28.8. The highest BCUT2D eigenvalue weighted by atomic mass is 35.5. The molecule has 0 bridgehead atoms. The van der Waals surface area contributed by atoms with Gasteiger partial charge in [0.1, 0.15) is 5.69 Å². The molecule has 1 N–H and O–H groups in total. The van der Waals surface area contributed by atoms with Gasteiger partial charge in [-0.15, -0.1) is 22.7 Å². The predicted molar refractivity (Wildman–Crippen MR) is 102 cm³/mol. The lowest BCUT2D eigenvalue weighted by Crippen LogP contribution is -2.23. The molecule has 0 atom stereocenters. The monoisotopic (exact) mass is 424 g/mol. The Morgan fingerprint density at radius 3 is 2.67 bits per heavy atom. The molecular formula is C17H11ClF2N4OS2. The molecule has 1 amide bonds. The van der Waals surface area contributed by atoms with E-state index in [9.17, 15) is 13.6 Å². The fourth-order valence-electron chi connectivity index (χ4n) is 2.51.